The molecule has 0 fully saturated rings. The lowest BCUT2D eigenvalue weighted by Crippen LogP contribution is -2.35. The zero-order valence-corrected chi connectivity index (χ0v) is 16.1. The number of fused-ring (bicyclic) bond motifs is 3. The molecule has 0 aliphatic heterocycles. The van der Waals surface area contributed by atoms with E-state index in [0.29, 0.717) is 28.0 Å². The first-order valence-electron chi connectivity index (χ1n) is 8.87. The van der Waals surface area contributed by atoms with E-state index in [2.05, 4.69) is 20.7 Å². The third kappa shape index (κ3) is 3.40. The van der Waals surface area contributed by atoms with Crippen molar-refractivity contribution in [2.24, 2.45) is 0 Å². The topological polar surface area (TPSA) is 113 Å². The van der Waals surface area contributed by atoms with E-state index in [-0.39, 0.29) is 24.5 Å². The van der Waals surface area contributed by atoms with Crippen LogP contribution in [0.15, 0.2) is 41.3 Å². The summed E-state index contributed by atoms with van der Waals surface area (Å²) < 4.78 is 25.8. The molecule has 10 nitrogen and oxygen atoms in total. The molecular formula is C19H17FN6O4. The predicted octanol–water partition coefficient (Wildman–Crippen LogP) is 1.11. The molecule has 0 aliphatic rings. The van der Waals surface area contributed by atoms with Gasteiger partial charge in [0.2, 0.25) is 0 Å². The van der Waals surface area contributed by atoms with Crippen molar-refractivity contribution >= 4 is 22.6 Å². The highest BCUT2D eigenvalue weighted by Crippen LogP contribution is 2.29. The molecular weight excluding hydrogens is 395 g/mol. The Bertz CT molecular complexity index is 1300. The van der Waals surface area contributed by atoms with E-state index < -0.39 is 11.5 Å². The van der Waals surface area contributed by atoms with Gasteiger partial charge in [-0.15, -0.1) is 10.2 Å². The van der Waals surface area contributed by atoms with Crippen LogP contribution in [0.4, 0.5) is 4.39 Å². The maximum Gasteiger partial charge on any atom is 0.299 e. The second kappa shape index (κ2) is 7.97. The van der Waals surface area contributed by atoms with E-state index in [1.807, 2.05) is 0 Å². The van der Waals surface area contributed by atoms with E-state index in [1.54, 1.807) is 18.2 Å². The largest absolute Gasteiger partial charge is 0.378 e. The summed E-state index contributed by atoms with van der Waals surface area (Å²) in [5, 5.41) is 12.8. The standard InChI is InChI=1S/C19H17FN6O4/c1-29-9-13-16(11-3-5-12(20)6-4-11)18-22-21-17-14(26(18)23-13)7-8-25(19(17)28)24-15(27)10-30-2/h3-8H,9-10H2,1-2H3,(H,24,27). The number of aromatic nitrogens is 5. The Morgan fingerprint density at radius 3 is 2.60 bits per heavy atom. The molecule has 1 N–H and O–H groups in total. The van der Waals surface area contributed by atoms with Crippen LogP contribution in [-0.4, -0.2) is 51.2 Å². The summed E-state index contributed by atoms with van der Waals surface area (Å²) in [5.41, 5.74) is 4.51. The molecule has 4 rings (SSSR count). The van der Waals surface area contributed by atoms with Gasteiger partial charge in [0.1, 0.15) is 17.9 Å². The summed E-state index contributed by atoms with van der Waals surface area (Å²) in [6.45, 7) is -0.0164. The zero-order valence-electron chi connectivity index (χ0n) is 16.1. The van der Waals surface area contributed by atoms with Crippen molar-refractivity contribution in [2.75, 3.05) is 26.3 Å². The lowest BCUT2D eigenvalue weighted by molar-refractivity contribution is -0.120. The molecule has 0 spiro atoms. The van der Waals surface area contributed by atoms with Crippen molar-refractivity contribution in [3.63, 3.8) is 0 Å². The van der Waals surface area contributed by atoms with Crippen molar-refractivity contribution in [3.8, 4) is 11.1 Å². The molecule has 1 amide bonds. The molecule has 3 heterocycles. The number of benzene rings is 1. The highest BCUT2D eigenvalue weighted by Gasteiger charge is 2.20. The Hall–Kier alpha value is -3.70. The molecule has 11 heteroatoms. The third-order valence-electron chi connectivity index (χ3n) is 4.39. The molecule has 4 aromatic rings. The molecule has 1 aromatic carbocycles. The van der Waals surface area contributed by atoms with Crippen LogP contribution in [0.25, 0.3) is 27.8 Å². The van der Waals surface area contributed by atoms with Crippen molar-refractivity contribution in [1.82, 2.24) is 24.5 Å². The maximum absolute atomic E-state index is 13.4. The van der Waals surface area contributed by atoms with Crippen LogP contribution < -0.4 is 11.0 Å². The molecule has 0 radical (unpaired) electrons. The number of pyridine rings is 1. The van der Waals surface area contributed by atoms with Crippen LogP contribution in [0.2, 0.25) is 0 Å². The maximum atomic E-state index is 13.4. The number of nitrogens with zero attached hydrogens (tertiary/aromatic N) is 5. The molecule has 3 aromatic heterocycles. The summed E-state index contributed by atoms with van der Waals surface area (Å²) in [5.74, 6) is -0.857. The number of rotatable bonds is 6. The molecule has 0 unspecified atom stereocenters. The van der Waals surface area contributed by atoms with Crippen LogP contribution >= 0.6 is 0 Å². The van der Waals surface area contributed by atoms with E-state index in [0.717, 1.165) is 4.68 Å². The van der Waals surface area contributed by atoms with Gasteiger partial charge in [0, 0.05) is 20.4 Å². The summed E-state index contributed by atoms with van der Waals surface area (Å²) in [7, 11) is 2.91. The normalized spacial score (nSPS) is 11.3. The summed E-state index contributed by atoms with van der Waals surface area (Å²) >= 11 is 0. The van der Waals surface area contributed by atoms with Crippen LogP contribution in [0.1, 0.15) is 5.69 Å². The molecule has 0 bridgehead atoms. The third-order valence-corrected chi connectivity index (χ3v) is 4.39. The molecule has 30 heavy (non-hydrogen) atoms. The fraction of sp³-hybridized carbons (Fsp3) is 0.211. The fourth-order valence-corrected chi connectivity index (χ4v) is 3.13. The number of nitrogens with one attached hydrogen (secondary N) is 1. The van der Waals surface area contributed by atoms with E-state index >= 15 is 0 Å². The Kier molecular flexibility index (Phi) is 5.21. The van der Waals surface area contributed by atoms with Crippen LogP contribution in [0.5, 0.6) is 0 Å². The van der Waals surface area contributed by atoms with E-state index in [1.165, 1.54) is 37.1 Å². The van der Waals surface area contributed by atoms with Crippen molar-refractivity contribution in [3.05, 3.63) is 58.4 Å². The van der Waals surface area contributed by atoms with Gasteiger partial charge in [-0.3, -0.25) is 15.0 Å². The van der Waals surface area contributed by atoms with Gasteiger partial charge in [-0.1, -0.05) is 12.1 Å². The van der Waals surface area contributed by atoms with Crippen molar-refractivity contribution < 1.29 is 18.7 Å². The van der Waals surface area contributed by atoms with Gasteiger partial charge in [-0.2, -0.15) is 5.10 Å². The monoisotopic (exact) mass is 412 g/mol. The minimum absolute atomic E-state index is 0.0137. The van der Waals surface area contributed by atoms with Crippen molar-refractivity contribution in [2.45, 2.75) is 6.61 Å². The van der Waals surface area contributed by atoms with Gasteiger partial charge >= 0.3 is 0 Å². The number of halogens is 1. The lowest BCUT2D eigenvalue weighted by Gasteiger charge is -2.08. The Balaban J connectivity index is 1.91. The minimum Gasteiger partial charge on any atom is -0.378 e. The average molecular weight is 412 g/mol. The fourth-order valence-electron chi connectivity index (χ4n) is 3.13. The Morgan fingerprint density at radius 1 is 1.13 bits per heavy atom. The highest BCUT2D eigenvalue weighted by atomic mass is 19.1. The second-order valence-corrected chi connectivity index (χ2v) is 6.39. The van der Waals surface area contributed by atoms with Gasteiger partial charge < -0.3 is 9.47 Å². The van der Waals surface area contributed by atoms with Gasteiger partial charge in [-0.25, -0.2) is 13.6 Å². The van der Waals surface area contributed by atoms with Gasteiger partial charge in [-0.05, 0) is 23.8 Å². The average Bonchev–Trinajstić information content (AvgIpc) is 3.09. The van der Waals surface area contributed by atoms with Gasteiger partial charge in [0.25, 0.3) is 11.5 Å². The number of ether oxygens (including phenoxy) is 2. The number of hydrogen-bond acceptors (Lipinski definition) is 7. The first kappa shape index (κ1) is 19.6. The van der Waals surface area contributed by atoms with E-state index in [9.17, 15) is 14.0 Å². The summed E-state index contributed by atoms with van der Waals surface area (Å²) in [6, 6.07) is 7.49. The smallest absolute Gasteiger partial charge is 0.299 e. The number of amides is 1. The minimum atomic E-state index is -0.571. The molecule has 0 saturated heterocycles. The van der Waals surface area contributed by atoms with Gasteiger partial charge in [0.15, 0.2) is 11.2 Å². The van der Waals surface area contributed by atoms with Crippen LogP contribution in [-0.2, 0) is 20.9 Å². The number of carbonyl (C=O) groups is 1. The molecule has 0 saturated carbocycles. The van der Waals surface area contributed by atoms with Crippen molar-refractivity contribution in [1.29, 1.82) is 0 Å². The SMILES string of the molecule is COCC(=O)Nn1ccc2c(nnc3c(-c4ccc(F)cc4)c(COC)nn32)c1=O. The Labute approximate surface area is 168 Å². The number of carbonyl (C=O) groups excluding carboxylic acids is 1. The molecule has 154 valence electrons. The predicted molar refractivity (Wildman–Crippen MR) is 105 cm³/mol. The molecule has 0 atom stereocenters. The second-order valence-electron chi connectivity index (χ2n) is 6.39. The zero-order chi connectivity index (χ0) is 21.3. The first-order chi connectivity index (χ1) is 14.5. The van der Waals surface area contributed by atoms with Gasteiger partial charge in [0.05, 0.1) is 17.9 Å². The summed E-state index contributed by atoms with van der Waals surface area (Å²) in [6.07, 6.45) is 1.40. The lowest BCUT2D eigenvalue weighted by atomic mass is 10.1. The quantitative estimate of drug-likeness (QED) is 0.505. The highest BCUT2D eigenvalue weighted by molar-refractivity contribution is 5.86. The number of hydrogen-bond donors (Lipinski definition) is 1. The van der Waals surface area contributed by atoms with E-state index in [4.69, 9.17) is 9.47 Å². The van der Waals surface area contributed by atoms with Crippen LogP contribution in [0, 0.1) is 5.82 Å². The number of methoxy groups -OCH3 is 2. The summed E-state index contributed by atoms with van der Waals surface area (Å²) in [4.78, 5) is 24.5. The van der Waals surface area contributed by atoms with Crippen LogP contribution in [0.3, 0.4) is 0 Å². The Morgan fingerprint density at radius 2 is 1.90 bits per heavy atom. The molecule has 0 aliphatic carbocycles. The first-order valence-corrected chi connectivity index (χ1v) is 8.87.